The van der Waals surface area contributed by atoms with Crippen LogP contribution in [-0.2, 0) is 6.54 Å². The van der Waals surface area contributed by atoms with Crippen LogP contribution in [0.5, 0.6) is 5.75 Å². The van der Waals surface area contributed by atoms with Crippen molar-refractivity contribution in [3.8, 4) is 17.0 Å². The first-order valence-electron chi connectivity index (χ1n) is 9.74. The lowest BCUT2D eigenvalue weighted by molar-refractivity contribution is 0.0953. The number of amides is 1. The Morgan fingerprint density at radius 3 is 2.78 bits per heavy atom. The molecule has 0 aliphatic heterocycles. The normalized spacial score (nSPS) is 11.3. The molecule has 166 valence electrons. The maximum absolute atomic E-state index is 13.8. The third-order valence-corrected chi connectivity index (χ3v) is 5.21. The smallest absolute Gasteiger partial charge is 0.280 e. The molecule has 32 heavy (non-hydrogen) atoms. The van der Waals surface area contributed by atoms with Gasteiger partial charge < -0.3 is 10.1 Å². The zero-order chi connectivity index (χ0) is 22.7. The molecule has 1 aromatic carbocycles. The molecule has 8 nitrogen and oxygen atoms in total. The molecule has 4 aromatic rings. The van der Waals surface area contributed by atoms with Crippen LogP contribution < -0.4 is 10.1 Å². The second kappa shape index (κ2) is 9.43. The van der Waals surface area contributed by atoms with E-state index in [1.165, 1.54) is 19.4 Å². The van der Waals surface area contributed by atoms with E-state index in [1.54, 1.807) is 35.1 Å². The van der Waals surface area contributed by atoms with Gasteiger partial charge in [0.05, 0.1) is 29.7 Å². The van der Waals surface area contributed by atoms with Gasteiger partial charge in [-0.25, -0.2) is 18.3 Å². The summed E-state index contributed by atoms with van der Waals surface area (Å²) >= 11 is 3.33. The number of halogens is 3. The van der Waals surface area contributed by atoms with Crippen LogP contribution in [0.3, 0.4) is 0 Å². The molecule has 0 saturated heterocycles. The first-order chi connectivity index (χ1) is 15.5. The standard InChI is InChI=1S/C21H19BrF2N6O2/c1-32-18-6-3-2-5-14(18)16-9-17(19(23)24)30-20(28-16)15(11-27-30)21(31)25-7-4-8-29-12-13(22)10-26-29/h2-3,5-6,9-12,19H,4,7-8H2,1H3,(H,25,31). The van der Waals surface area contributed by atoms with Crippen LogP contribution in [0.15, 0.2) is 53.4 Å². The van der Waals surface area contributed by atoms with Crippen molar-refractivity contribution >= 4 is 27.5 Å². The fourth-order valence-corrected chi connectivity index (χ4v) is 3.62. The second-order valence-corrected chi connectivity index (χ2v) is 7.81. The van der Waals surface area contributed by atoms with E-state index in [-0.39, 0.29) is 22.6 Å². The van der Waals surface area contributed by atoms with Crippen LogP contribution >= 0.6 is 15.9 Å². The summed E-state index contributed by atoms with van der Waals surface area (Å²) in [6, 6.07) is 8.22. The van der Waals surface area contributed by atoms with Gasteiger partial charge in [-0.05, 0) is 40.5 Å². The summed E-state index contributed by atoms with van der Waals surface area (Å²) in [4.78, 5) is 17.2. The number of fused-ring (bicyclic) bond motifs is 1. The predicted octanol–water partition coefficient (Wildman–Crippen LogP) is 4.12. The van der Waals surface area contributed by atoms with Gasteiger partial charge in [0.25, 0.3) is 12.3 Å². The summed E-state index contributed by atoms with van der Waals surface area (Å²) in [5.74, 6) is 0.0480. The van der Waals surface area contributed by atoms with Crippen LogP contribution in [0.4, 0.5) is 8.78 Å². The molecule has 3 heterocycles. The van der Waals surface area contributed by atoms with E-state index in [2.05, 4.69) is 36.4 Å². The maximum atomic E-state index is 13.8. The third-order valence-electron chi connectivity index (χ3n) is 4.80. The molecular weight excluding hydrogens is 486 g/mol. The van der Waals surface area contributed by atoms with Crippen LogP contribution in [0, 0.1) is 0 Å². The van der Waals surface area contributed by atoms with Gasteiger partial charge in [-0.15, -0.1) is 0 Å². The lowest BCUT2D eigenvalue weighted by atomic mass is 10.1. The number of aromatic nitrogens is 5. The van der Waals surface area contributed by atoms with Crippen LogP contribution in [0.2, 0.25) is 0 Å². The Balaban J connectivity index is 1.60. The monoisotopic (exact) mass is 504 g/mol. The number of nitrogens with zero attached hydrogens (tertiary/aromatic N) is 5. The third kappa shape index (κ3) is 4.47. The van der Waals surface area contributed by atoms with Crippen molar-refractivity contribution in [2.45, 2.75) is 19.4 Å². The van der Waals surface area contributed by atoms with E-state index >= 15 is 0 Å². The summed E-state index contributed by atoms with van der Waals surface area (Å²) in [6.45, 7) is 0.994. The molecule has 0 radical (unpaired) electrons. The molecule has 1 amide bonds. The van der Waals surface area contributed by atoms with E-state index in [0.29, 0.717) is 30.8 Å². The highest BCUT2D eigenvalue weighted by atomic mass is 79.9. The molecule has 4 rings (SSSR count). The second-order valence-electron chi connectivity index (χ2n) is 6.89. The Hall–Kier alpha value is -3.34. The van der Waals surface area contributed by atoms with Crippen molar-refractivity contribution in [2.75, 3.05) is 13.7 Å². The van der Waals surface area contributed by atoms with Crippen molar-refractivity contribution in [3.05, 3.63) is 64.7 Å². The van der Waals surface area contributed by atoms with Gasteiger partial charge in [0.2, 0.25) is 0 Å². The number of aryl methyl sites for hydroxylation is 1. The minimum absolute atomic E-state index is 0.0530. The lowest BCUT2D eigenvalue weighted by Gasteiger charge is -2.11. The zero-order valence-corrected chi connectivity index (χ0v) is 18.6. The van der Waals surface area contributed by atoms with E-state index in [4.69, 9.17) is 4.74 Å². The molecule has 0 saturated carbocycles. The Bertz CT molecular complexity index is 1260. The summed E-state index contributed by atoms with van der Waals surface area (Å²) in [5.41, 5.74) is 0.614. The number of methoxy groups -OCH3 is 1. The molecule has 0 aliphatic carbocycles. The molecule has 0 spiro atoms. The molecule has 11 heteroatoms. The SMILES string of the molecule is COc1ccccc1-c1cc(C(F)F)n2ncc(C(=O)NCCCn3cc(Br)cn3)c2n1. The van der Waals surface area contributed by atoms with Gasteiger partial charge in [0.15, 0.2) is 5.65 Å². The fourth-order valence-electron chi connectivity index (χ4n) is 3.29. The van der Waals surface area contributed by atoms with E-state index in [0.717, 1.165) is 8.99 Å². The van der Waals surface area contributed by atoms with Crippen LogP contribution in [0.25, 0.3) is 16.9 Å². The van der Waals surface area contributed by atoms with Gasteiger partial charge in [0, 0.05) is 24.8 Å². The summed E-state index contributed by atoms with van der Waals surface area (Å²) in [7, 11) is 1.49. The molecule has 0 unspecified atom stereocenters. The zero-order valence-electron chi connectivity index (χ0n) is 17.0. The fraction of sp³-hybridized carbons (Fsp3) is 0.238. The highest BCUT2D eigenvalue weighted by Crippen LogP contribution is 2.32. The first kappa shape index (κ1) is 21.9. The van der Waals surface area contributed by atoms with Crippen molar-refractivity contribution < 1.29 is 18.3 Å². The minimum atomic E-state index is -2.81. The molecule has 0 fully saturated rings. The number of hydrogen-bond acceptors (Lipinski definition) is 5. The number of carbonyl (C=O) groups is 1. The average molecular weight is 505 g/mol. The number of benzene rings is 1. The van der Waals surface area contributed by atoms with Crippen molar-refractivity contribution in [1.82, 2.24) is 29.7 Å². The lowest BCUT2D eigenvalue weighted by Crippen LogP contribution is -2.25. The number of carbonyl (C=O) groups excluding carboxylic acids is 1. The van der Waals surface area contributed by atoms with Gasteiger partial charge >= 0.3 is 0 Å². The van der Waals surface area contributed by atoms with Crippen molar-refractivity contribution in [3.63, 3.8) is 0 Å². The number of para-hydroxylation sites is 1. The highest BCUT2D eigenvalue weighted by molar-refractivity contribution is 9.10. The van der Waals surface area contributed by atoms with Crippen LogP contribution in [0.1, 0.15) is 28.9 Å². The average Bonchev–Trinajstić information content (AvgIpc) is 3.41. The summed E-state index contributed by atoms with van der Waals surface area (Å²) < 4.78 is 36.5. The van der Waals surface area contributed by atoms with Crippen molar-refractivity contribution in [2.24, 2.45) is 0 Å². The number of rotatable bonds is 8. The Labute approximate surface area is 190 Å². The number of hydrogen-bond donors (Lipinski definition) is 1. The Kier molecular flexibility index (Phi) is 6.45. The first-order valence-corrected chi connectivity index (χ1v) is 10.5. The molecular formula is C21H19BrF2N6O2. The van der Waals surface area contributed by atoms with Gasteiger partial charge in [-0.2, -0.15) is 10.2 Å². The molecule has 0 aliphatic rings. The molecule has 1 N–H and O–H groups in total. The van der Waals surface area contributed by atoms with E-state index in [9.17, 15) is 13.6 Å². The minimum Gasteiger partial charge on any atom is -0.496 e. The largest absolute Gasteiger partial charge is 0.496 e. The Morgan fingerprint density at radius 2 is 2.06 bits per heavy atom. The van der Waals surface area contributed by atoms with Gasteiger partial charge in [-0.3, -0.25) is 9.48 Å². The number of nitrogens with one attached hydrogen (secondary N) is 1. The molecule has 0 bridgehead atoms. The predicted molar refractivity (Wildman–Crippen MR) is 117 cm³/mol. The summed E-state index contributed by atoms with van der Waals surface area (Å²) in [5, 5.41) is 10.9. The topological polar surface area (TPSA) is 86.3 Å². The van der Waals surface area contributed by atoms with Crippen molar-refractivity contribution in [1.29, 1.82) is 0 Å². The van der Waals surface area contributed by atoms with Gasteiger partial charge in [0.1, 0.15) is 17.0 Å². The Morgan fingerprint density at radius 1 is 1.25 bits per heavy atom. The van der Waals surface area contributed by atoms with Gasteiger partial charge in [-0.1, -0.05) is 12.1 Å². The van der Waals surface area contributed by atoms with Crippen LogP contribution in [-0.4, -0.2) is 43.9 Å². The summed E-state index contributed by atoms with van der Waals surface area (Å²) in [6.07, 6.45) is 2.60. The highest BCUT2D eigenvalue weighted by Gasteiger charge is 2.22. The maximum Gasteiger partial charge on any atom is 0.280 e. The number of alkyl halides is 2. The molecule has 3 aromatic heterocycles. The van der Waals surface area contributed by atoms with E-state index in [1.807, 2.05) is 6.20 Å². The number of ether oxygens (including phenoxy) is 1. The van der Waals surface area contributed by atoms with E-state index < -0.39 is 12.3 Å². The molecule has 0 atom stereocenters. The quantitative estimate of drug-likeness (QED) is 0.364.